The van der Waals surface area contributed by atoms with E-state index in [4.69, 9.17) is 9.47 Å². The average Bonchev–Trinajstić information content (AvgIpc) is 2.44. The summed E-state index contributed by atoms with van der Waals surface area (Å²) in [5.74, 6) is 0.153. The molecule has 0 saturated carbocycles. The molecule has 0 heterocycles. The van der Waals surface area contributed by atoms with Crippen LogP contribution in [-0.4, -0.2) is 44.7 Å². The van der Waals surface area contributed by atoms with Gasteiger partial charge < -0.3 is 19.6 Å². The second-order valence-corrected chi connectivity index (χ2v) is 5.19. The van der Waals surface area contributed by atoms with Gasteiger partial charge in [-0.3, -0.25) is 4.79 Å². The van der Waals surface area contributed by atoms with Gasteiger partial charge in [-0.05, 0) is 39.0 Å². The lowest BCUT2D eigenvalue weighted by Gasteiger charge is -2.06. The predicted octanol–water partition coefficient (Wildman–Crippen LogP) is 2.48. The average molecular weight is 301 g/mol. The van der Waals surface area contributed by atoms with Crippen molar-refractivity contribution in [2.45, 2.75) is 58.8 Å². The number of Topliss-reactive ketones (excluding diaryl/α,β-unsaturated/α-hetero) is 1. The first-order chi connectivity index (χ1) is 10.2. The Morgan fingerprint density at radius 3 is 2.10 bits per heavy atom. The summed E-state index contributed by atoms with van der Waals surface area (Å²) in [4.78, 5) is 22.1. The second kappa shape index (κ2) is 15.4. The maximum absolute atomic E-state index is 11.4. The van der Waals surface area contributed by atoms with Crippen LogP contribution in [-0.2, 0) is 19.1 Å². The highest BCUT2D eigenvalue weighted by Gasteiger charge is 2.01. The molecule has 124 valence electrons. The van der Waals surface area contributed by atoms with Crippen molar-refractivity contribution in [1.82, 2.24) is 5.32 Å². The fourth-order valence-corrected chi connectivity index (χ4v) is 1.75. The number of unbranched alkanes of at least 4 members (excludes halogenated alkanes) is 1. The lowest BCUT2D eigenvalue weighted by molar-refractivity contribution is -0.121. The third-order valence-electron chi connectivity index (χ3n) is 2.90. The van der Waals surface area contributed by atoms with Crippen LogP contribution in [0.1, 0.15) is 58.8 Å². The number of nitrogens with one attached hydrogen (secondary N) is 1. The molecule has 0 radical (unpaired) electrons. The molecule has 0 atom stereocenters. The molecule has 21 heavy (non-hydrogen) atoms. The first kappa shape index (κ1) is 20.1. The summed E-state index contributed by atoms with van der Waals surface area (Å²) in [6, 6.07) is 0. The summed E-state index contributed by atoms with van der Waals surface area (Å²) in [5, 5.41) is 2.83. The number of ether oxygens (including phenoxy) is 2. The van der Waals surface area contributed by atoms with Crippen molar-refractivity contribution in [1.29, 1.82) is 0 Å². The first-order valence-electron chi connectivity index (χ1n) is 8.08. The molecule has 0 aliphatic rings. The van der Waals surface area contributed by atoms with E-state index >= 15 is 0 Å². The smallest absolute Gasteiger partial charge is 0.220 e. The van der Waals surface area contributed by atoms with Gasteiger partial charge in [-0.25, -0.2) is 0 Å². The maximum Gasteiger partial charge on any atom is 0.220 e. The third kappa shape index (κ3) is 17.0. The van der Waals surface area contributed by atoms with E-state index < -0.39 is 0 Å². The third-order valence-corrected chi connectivity index (χ3v) is 2.90. The molecule has 0 aliphatic carbocycles. The Morgan fingerprint density at radius 1 is 0.857 bits per heavy atom. The largest absolute Gasteiger partial charge is 0.381 e. The minimum atomic E-state index is 0.0179. The Hall–Kier alpha value is -0.940. The molecule has 0 aliphatic heterocycles. The Kier molecular flexibility index (Phi) is 14.8. The molecule has 0 aromatic rings. The molecule has 0 unspecified atom stereocenters. The van der Waals surface area contributed by atoms with Crippen molar-refractivity contribution in [3.05, 3.63) is 0 Å². The SMILES string of the molecule is CCCOCCCCOCCCNC(=O)CCCC(C)=O. The Labute approximate surface area is 128 Å². The normalized spacial score (nSPS) is 10.6. The van der Waals surface area contributed by atoms with Gasteiger partial charge in [-0.2, -0.15) is 0 Å². The van der Waals surface area contributed by atoms with E-state index in [9.17, 15) is 9.59 Å². The van der Waals surface area contributed by atoms with Crippen molar-refractivity contribution in [2.24, 2.45) is 0 Å². The van der Waals surface area contributed by atoms with Crippen LogP contribution in [0.4, 0.5) is 0 Å². The summed E-state index contributed by atoms with van der Waals surface area (Å²) >= 11 is 0. The van der Waals surface area contributed by atoms with E-state index in [2.05, 4.69) is 12.2 Å². The van der Waals surface area contributed by atoms with Crippen molar-refractivity contribution < 1.29 is 19.1 Å². The molecule has 0 rings (SSSR count). The molecular formula is C16H31NO4. The molecule has 5 nitrogen and oxygen atoms in total. The standard InChI is InChI=1S/C16H31NO4/c1-3-11-20-12-4-5-13-21-14-7-10-17-16(19)9-6-8-15(2)18/h3-14H2,1-2H3,(H,17,19). The summed E-state index contributed by atoms with van der Waals surface area (Å²) in [6.45, 7) is 7.36. The molecule has 0 aromatic heterocycles. The van der Waals surface area contributed by atoms with Gasteiger partial charge in [0.25, 0.3) is 0 Å². The number of ketones is 1. The van der Waals surface area contributed by atoms with Crippen LogP contribution < -0.4 is 5.32 Å². The van der Waals surface area contributed by atoms with E-state index in [1.54, 1.807) is 6.92 Å². The molecule has 1 N–H and O–H groups in total. The van der Waals surface area contributed by atoms with E-state index in [0.29, 0.717) is 32.4 Å². The summed E-state index contributed by atoms with van der Waals surface area (Å²) in [6.07, 6.45) is 5.49. The molecule has 0 aromatic carbocycles. The predicted molar refractivity (Wildman–Crippen MR) is 83.3 cm³/mol. The zero-order chi connectivity index (χ0) is 15.8. The zero-order valence-corrected chi connectivity index (χ0v) is 13.6. The minimum absolute atomic E-state index is 0.0179. The van der Waals surface area contributed by atoms with Crippen molar-refractivity contribution in [3.63, 3.8) is 0 Å². The van der Waals surface area contributed by atoms with E-state index in [1.807, 2.05) is 0 Å². The molecule has 0 fully saturated rings. The molecule has 1 amide bonds. The van der Waals surface area contributed by atoms with Crippen molar-refractivity contribution >= 4 is 11.7 Å². The lowest BCUT2D eigenvalue weighted by atomic mass is 10.2. The Balaban J connectivity index is 3.14. The number of carbonyl (C=O) groups excluding carboxylic acids is 2. The molecule has 0 saturated heterocycles. The van der Waals surface area contributed by atoms with Gasteiger partial charge in [0.05, 0.1) is 0 Å². The van der Waals surface area contributed by atoms with E-state index in [-0.39, 0.29) is 11.7 Å². The Bertz CT molecular complexity index is 269. The monoisotopic (exact) mass is 301 g/mol. The molecule has 0 bridgehead atoms. The van der Waals surface area contributed by atoms with Crippen LogP contribution in [0.25, 0.3) is 0 Å². The van der Waals surface area contributed by atoms with Gasteiger partial charge in [0, 0.05) is 45.8 Å². The van der Waals surface area contributed by atoms with Gasteiger partial charge in [0.2, 0.25) is 5.91 Å². The van der Waals surface area contributed by atoms with Gasteiger partial charge in [0.1, 0.15) is 5.78 Å². The van der Waals surface area contributed by atoms with Crippen molar-refractivity contribution in [2.75, 3.05) is 33.0 Å². The quantitative estimate of drug-likeness (QED) is 0.472. The second-order valence-electron chi connectivity index (χ2n) is 5.19. The highest BCUT2D eigenvalue weighted by Crippen LogP contribution is 1.96. The van der Waals surface area contributed by atoms with Crippen molar-refractivity contribution in [3.8, 4) is 0 Å². The highest BCUT2D eigenvalue weighted by atomic mass is 16.5. The fourth-order valence-electron chi connectivity index (χ4n) is 1.75. The number of rotatable bonds is 15. The fraction of sp³-hybridized carbons (Fsp3) is 0.875. The summed E-state index contributed by atoms with van der Waals surface area (Å²) in [7, 11) is 0. The van der Waals surface area contributed by atoms with E-state index in [1.165, 1.54) is 0 Å². The molecule has 5 heteroatoms. The minimum Gasteiger partial charge on any atom is -0.381 e. The van der Waals surface area contributed by atoms with Crippen LogP contribution >= 0.6 is 0 Å². The van der Waals surface area contributed by atoms with Gasteiger partial charge in [0.15, 0.2) is 0 Å². The van der Waals surface area contributed by atoms with Crippen LogP contribution in [0.3, 0.4) is 0 Å². The highest BCUT2D eigenvalue weighted by molar-refractivity contribution is 5.78. The van der Waals surface area contributed by atoms with Crippen LogP contribution in [0.15, 0.2) is 0 Å². The van der Waals surface area contributed by atoms with Gasteiger partial charge in [-0.1, -0.05) is 6.92 Å². The topological polar surface area (TPSA) is 64.6 Å². The lowest BCUT2D eigenvalue weighted by Crippen LogP contribution is -2.25. The molecular weight excluding hydrogens is 270 g/mol. The summed E-state index contributed by atoms with van der Waals surface area (Å²) < 4.78 is 10.9. The number of amides is 1. The number of hydrogen-bond donors (Lipinski definition) is 1. The van der Waals surface area contributed by atoms with Crippen LogP contribution in [0.2, 0.25) is 0 Å². The number of carbonyl (C=O) groups is 2. The summed E-state index contributed by atoms with van der Waals surface area (Å²) in [5.41, 5.74) is 0. The molecule has 0 spiro atoms. The zero-order valence-electron chi connectivity index (χ0n) is 13.6. The first-order valence-corrected chi connectivity index (χ1v) is 8.08. The van der Waals surface area contributed by atoms with Gasteiger partial charge in [-0.15, -0.1) is 0 Å². The Morgan fingerprint density at radius 2 is 1.48 bits per heavy atom. The van der Waals surface area contributed by atoms with Crippen LogP contribution in [0, 0.1) is 0 Å². The number of hydrogen-bond acceptors (Lipinski definition) is 4. The maximum atomic E-state index is 11.4. The van der Waals surface area contributed by atoms with E-state index in [0.717, 1.165) is 45.5 Å². The van der Waals surface area contributed by atoms with Gasteiger partial charge >= 0.3 is 0 Å². The van der Waals surface area contributed by atoms with Crippen LogP contribution in [0.5, 0.6) is 0 Å².